The highest BCUT2D eigenvalue weighted by atomic mass is 16.6. The van der Waals surface area contributed by atoms with E-state index < -0.39 is 10.8 Å². The van der Waals surface area contributed by atoms with Crippen LogP contribution in [0.25, 0.3) is 0 Å². The summed E-state index contributed by atoms with van der Waals surface area (Å²) < 4.78 is 5.65. The number of carbonyl (C=O) groups excluding carboxylic acids is 1. The largest absolute Gasteiger partial charge is 0.507 e. The van der Waals surface area contributed by atoms with Crippen LogP contribution in [0.1, 0.15) is 21.5 Å². The zero-order valence-electron chi connectivity index (χ0n) is 15.2. The third-order valence-electron chi connectivity index (χ3n) is 3.96. The molecular weight excluding hydrogens is 374 g/mol. The molecule has 8 heteroatoms. The number of non-ortho nitro benzene ring substituents is 1. The summed E-state index contributed by atoms with van der Waals surface area (Å²) in [6, 6.07) is 19.7. The average Bonchev–Trinajstić information content (AvgIpc) is 2.74. The van der Waals surface area contributed by atoms with Crippen molar-refractivity contribution in [2.75, 3.05) is 0 Å². The maximum atomic E-state index is 12.2. The predicted octanol–water partition coefficient (Wildman–Crippen LogP) is 3.64. The summed E-state index contributed by atoms with van der Waals surface area (Å²) in [5.41, 5.74) is 3.53. The van der Waals surface area contributed by atoms with Gasteiger partial charge in [0.25, 0.3) is 11.6 Å². The maximum absolute atomic E-state index is 12.2. The van der Waals surface area contributed by atoms with Crippen molar-refractivity contribution in [3.05, 3.63) is 99.6 Å². The predicted molar refractivity (Wildman–Crippen MR) is 107 cm³/mol. The molecule has 0 unspecified atom stereocenters. The quantitative estimate of drug-likeness (QED) is 0.363. The second-order valence-electron chi connectivity index (χ2n) is 6.00. The smallest absolute Gasteiger partial charge is 0.271 e. The number of benzene rings is 3. The van der Waals surface area contributed by atoms with E-state index in [2.05, 4.69) is 10.5 Å². The number of carbonyl (C=O) groups is 1. The Hall–Kier alpha value is -4.20. The Morgan fingerprint density at radius 2 is 1.83 bits per heavy atom. The molecule has 0 aliphatic carbocycles. The minimum absolute atomic E-state index is 0.118. The van der Waals surface area contributed by atoms with Gasteiger partial charge in [0.1, 0.15) is 18.1 Å². The van der Waals surface area contributed by atoms with E-state index in [9.17, 15) is 20.0 Å². The van der Waals surface area contributed by atoms with Gasteiger partial charge in [0.2, 0.25) is 0 Å². The number of nitro groups is 1. The van der Waals surface area contributed by atoms with Crippen molar-refractivity contribution in [2.24, 2.45) is 5.10 Å². The van der Waals surface area contributed by atoms with Gasteiger partial charge in [0.05, 0.1) is 11.1 Å². The molecule has 0 aromatic heterocycles. The Morgan fingerprint density at radius 3 is 2.52 bits per heavy atom. The van der Waals surface area contributed by atoms with Gasteiger partial charge in [-0.25, -0.2) is 5.43 Å². The number of ether oxygens (including phenoxy) is 1. The number of para-hydroxylation sites is 1. The summed E-state index contributed by atoms with van der Waals surface area (Å²) in [7, 11) is 0. The Labute approximate surface area is 166 Å². The van der Waals surface area contributed by atoms with Crippen molar-refractivity contribution in [3.8, 4) is 11.5 Å². The van der Waals surface area contributed by atoms with E-state index in [0.29, 0.717) is 12.2 Å². The summed E-state index contributed by atoms with van der Waals surface area (Å²) in [4.78, 5) is 22.4. The van der Waals surface area contributed by atoms with E-state index in [-0.39, 0.29) is 17.0 Å². The molecule has 1 amide bonds. The highest BCUT2D eigenvalue weighted by Gasteiger charge is 2.09. The lowest BCUT2D eigenvalue weighted by atomic mass is 10.1. The molecule has 8 nitrogen and oxygen atoms in total. The molecule has 0 spiro atoms. The van der Waals surface area contributed by atoms with E-state index >= 15 is 0 Å². The normalized spacial score (nSPS) is 10.6. The number of amides is 1. The highest BCUT2D eigenvalue weighted by Crippen LogP contribution is 2.21. The lowest BCUT2D eigenvalue weighted by molar-refractivity contribution is -0.384. The van der Waals surface area contributed by atoms with Crippen LogP contribution in [0.2, 0.25) is 0 Å². The second-order valence-corrected chi connectivity index (χ2v) is 6.00. The van der Waals surface area contributed by atoms with Crippen molar-refractivity contribution >= 4 is 17.8 Å². The molecule has 3 aromatic carbocycles. The van der Waals surface area contributed by atoms with Crippen LogP contribution in [0, 0.1) is 10.1 Å². The molecule has 0 heterocycles. The molecule has 2 N–H and O–H groups in total. The SMILES string of the molecule is O=C(N/N=C\c1cc([N+](=O)[O-])ccc1O)c1ccc(COc2ccccc2)cc1. The van der Waals surface area contributed by atoms with Crippen molar-refractivity contribution in [3.63, 3.8) is 0 Å². The van der Waals surface area contributed by atoms with Crippen LogP contribution in [0.15, 0.2) is 77.9 Å². The third kappa shape index (κ3) is 5.39. The van der Waals surface area contributed by atoms with Gasteiger partial charge in [-0.05, 0) is 35.9 Å². The third-order valence-corrected chi connectivity index (χ3v) is 3.96. The first-order valence-corrected chi connectivity index (χ1v) is 8.60. The molecule has 0 aliphatic heterocycles. The summed E-state index contributed by atoms with van der Waals surface area (Å²) in [6.45, 7) is 0.371. The molecule has 0 bridgehead atoms. The van der Waals surface area contributed by atoms with Gasteiger partial charge in [-0.15, -0.1) is 0 Å². The van der Waals surface area contributed by atoms with E-state index in [1.54, 1.807) is 24.3 Å². The van der Waals surface area contributed by atoms with Gasteiger partial charge in [0.15, 0.2) is 0 Å². The van der Waals surface area contributed by atoms with Gasteiger partial charge in [-0.1, -0.05) is 30.3 Å². The van der Waals surface area contributed by atoms with Crippen LogP contribution in [0.3, 0.4) is 0 Å². The van der Waals surface area contributed by atoms with Crippen LogP contribution in [-0.4, -0.2) is 22.2 Å². The maximum Gasteiger partial charge on any atom is 0.271 e. The zero-order chi connectivity index (χ0) is 20.6. The Kier molecular flexibility index (Phi) is 6.16. The number of phenols is 1. The molecule has 0 saturated carbocycles. The van der Waals surface area contributed by atoms with E-state index in [4.69, 9.17) is 4.74 Å². The highest BCUT2D eigenvalue weighted by molar-refractivity contribution is 5.95. The first-order chi connectivity index (χ1) is 14.0. The van der Waals surface area contributed by atoms with Gasteiger partial charge in [0, 0.05) is 23.3 Å². The summed E-state index contributed by atoms with van der Waals surface area (Å²) in [6.07, 6.45) is 1.14. The first-order valence-electron chi connectivity index (χ1n) is 8.60. The molecule has 29 heavy (non-hydrogen) atoms. The monoisotopic (exact) mass is 391 g/mol. The summed E-state index contributed by atoms with van der Waals surface area (Å²) in [5, 5.41) is 24.3. The number of nitrogens with one attached hydrogen (secondary N) is 1. The van der Waals surface area contributed by atoms with E-state index in [1.807, 2.05) is 30.3 Å². The molecule has 0 atom stereocenters. The van der Waals surface area contributed by atoms with Crippen molar-refractivity contribution < 1.29 is 19.6 Å². The fourth-order valence-electron chi connectivity index (χ4n) is 2.42. The molecule has 3 aromatic rings. The molecule has 146 valence electrons. The number of hydrogen-bond acceptors (Lipinski definition) is 6. The molecule has 3 rings (SSSR count). The fourth-order valence-corrected chi connectivity index (χ4v) is 2.42. The van der Waals surface area contributed by atoms with Crippen LogP contribution in [-0.2, 0) is 6.61 Å². The number of nitrogens with zero attached hydrogens (tertiary/aromatic N) is 2. The second kappa shape index (κ2) is 9.14. The van der Waals surface area contributed by atoms with Gasteiger partial charge < -0.3 is 9.84 Å². The number of rotatable bonds is 7. The molecular formula is C21H17N3O5. The molecule has 0 fully saturated rings. The van der Waals surface area contributed by atoms with E-state index in [0.717, 1.165) is 23.6 Å². The number of phenolic OH excluding ortho intramolecular Hbond substituents is 1. The molecule has 0 radical (unpaired) electrons. The summed E-state index contributed by atoms with van der Waals surface area (Å²) in [5.74, 6) is 0.117. The van der Waals surface area contributed by atoms with Crippen LogP contribution < -0.4 is 10.2 Å². The molecule has 0 aliphatic rings. The fraction of sp³-hybridized carbons (Fsp3) is 0.0476. The number of hydrogen-bond donors (Lipinski definition) is 2. The number of nitro benzene ring substituents is 1. The van der Waals surface area contributed by atoms with E-state index in [1.165, 1.54) is 12.1 Å². The first kappa shape index (κ1) is 19.6. The minimum atomic E-state index is -0.585. The van der Waals surface area contributed by atoms with Crippen LogP contribution in [0.4, 0.5) is 5.69 Å². The minimum Gasteiger partial charge on any atom is -0.507 e. The number of aromatic hydroxyl groups is 1. The summed E-state index contributed by atoms with van der Waals surface area (Å²) >= 11 is 0. The zero-order valence-corrected chi connectivity index (χ0v) is 15.2. The van der Waals surface area contributed by atoms with Crippen LogP contribution >= 0.6 is 0 Å². The van der Waals surface area contributed by atoms with Crippen molar-refractivity contribution in [2.45, 2.75) is 6.61 Å². The standard InChI is InChI=1S/C21H17N3O5/c25-20-11-10-18(24(27)28)12-17(20)13-22-23-21(26)16-8-6-15(7-9-16)14-29-19-4-2-1-3-5-19/h1-13,25H,14H2,(H,23,26)/b22-13-. The van der Waals surface area contributed by atoms with Crippen molar-refractivity contribution in [1.82, 2.24) is 5.43 Å². The lowest BCUT2D eigenvalue weighted by Crippen LogP contribution is -2.17. The van der Waals surface area contributed by atoms with Gasteiger partial charge in [-0.3, -0.25) is 14.9 Å². The molecule has 0 saturated heterocycles. The Balaban J connectivity index is 1.57. The number of hydrazone groups is 1. The van der Waals surface area contributed by atoms with Crippen LogP contribution in [0.5, 0.6) is 11.5 Å². The Morgan fingerprint density at radius 1 is 1.10 bits per heavy atom. The van der Waals surface area contributed by atoms with Crippen molar-refractivity contribution in [1.29, 1.82) is 0 Å². The van der Waals surface area contributed by atoms with Gasteiger partial charge >= 0.3 is 0 Å². The van der Waals surface area contributed by atoms with Gasteiger partial charge in [-0.2, -0.15) is 5.10 Å². The Bertz CT molecular complexity index is 1030. The topological polar surface area (TPSA) is 114 Å². The lowest BCUT2D eigenvalue weighted by Gasteiger charge is -2.06. The average molecular weight is 391 g/mol.